The van der Waals surface area contributed by atoms with Crippen molar-refractivity contribution in [3.8, 4) is 10.6 Å². The lowest BCUT2D eigenvalue weighted by Crippen LogP contribution is -2.47. The molecule has 0 radical (unpaired) electrons. The van der Waals surface area contributed by atoms with E-state index in [0.717, 1.165) is 47.5 Å². The van der Waals surface area contributed by atoms with Crippen LogP contribution in [0.2, 0.25) is 0 Å². The van der Waals surface area contributed by atoms with Crippen molar-refractivity contribution >= 4 is 39.0 Å². The van der Waals surface area contributed by atoms with Crippen molar-refractivity contribution in [2.75, 3.05) is 11.6 Å². The lowest BCUT2D eigenvalue weighted by molar-refractivity contribution is -0.124. The number of hydrogen-bond acceptors (Lipinski definition) is 6. The van der Waals surface area contributed by atoms with E-state index in [2.05, 4.69) is 10.3 Å². The summed E-state index contributed by atoms with van der Waals surface area (Å²) in [5.74, 6) is 0.449. The smallest absolute Gasteiger partial charge is 0.244 e. The van der Waals surface area contributed by atoms with Gasteiger partial charge in [-0.3, -0.25) is 4.79 Å². The Balaban J connectivity index is 1.27. The van der Waals surface area contributed by atoms with E-state index in [1.54, 1.807) is 6.07 Å². The fourth-order valence-electron chi connectivity index (χ4n) is 4.27. The number of sulfonamides is 1. The van der Waals surface area contributed by atoms with Gasteiger partial charge in [-0.05, 0) is 48.9 Å². The summed E-state index contributed by atoms with van der Waals surface area (Å²) in [5, 5.41) is 5.72. The van der Waals surface area contributed by atoms with Crippen LogP contribution >= 0.6 is 23.1 Å². The van der Waals surface area contributed by atoms with Crippen LogP contribution in [0.25, 0.3) is 10.6 Å². The molecule has 0 unspecified atom stereocenters. The molecule has 2 heterocycles. The molecular formula is C24H25N3O3S3. The van der Waals surface area contributed by atoms with E-state index < -0.39 is 16.1 Å². The van der Waals surface area contributed by atoms with Crippen molar-refractivity contribution in [2.45, 2.75) is 43.2 Å². The van der Waals surface area contributed by atoms with Crippen LogP contribution in [0.4, 0.5) is 0 Å². The molecule has 5 rings (SSSR count). The first-order valence-corrected chi connectivity index (χ1v) is 14.5. The molecule has 1 saturated heterocycles. The third-order valence-electron chi connectivity index (χ3n) is 6.09. The minimum Gasteiger partial charge on any atom is -0.349 e. The molecule has 33 heavy (non-hydrogen) atoms. The molecule has 0 saturated carbocycles. The van der Waals surface area contributed by atoms with Gasteiger partial charge in [0.25, 0.3) is 0 Å². The number of thioether (sulfide) groups is 1. The van der Waals surface area contributed by atoms with E-state index in [1.165, 1.54) is 33.0 Å². The number of thiazole rings is 1. The van der Waals surface area contributed by atoms with Gasteiger partial charge in [-0.1, -0.05) is 36.4 Å². The number of nitrogens with zero attached hydrogens (tertiary/aromatic N) is 2. The first kappa shape index (κ1) is 22.6. The Morgan fingerprint density at radius 2 is 1.88 bits per heavy atom. The van der Waals surface area contributed by atoms with Gasteiger partial charge in [-0.2, -0.15) is 4.31 Å². The molecule has 172 valence electrons. The molecule has 6 nitrogen and oxygen atoms in total. The Kier molecular flexibility index (Phi) is 6.56. The SMILES string of the molecule is O=C(NCc1csc(-c2ccccc2)n1)[C@H]1CSCN1S(=O)(=O)c1ccc2c(c1)CCCC2. The molecule has 1 N–H and O–H groups in total. The van der Waals surface area contributed by atoms with Gasteiger partial charge in [0.05, 0.1) is 23.0 Å². The Morgan fingerprint density at radius 1 is 1.09 bits per heavy atom. The number of rotatable bonds is 6. The molecule has 9 heteroatoms. The summed E-state index contributed by atoms with van der Waals surface area (Å²) in [7, 11) is -3.74. The summed E-state index contributed by atoms with van der Waals surface area (Å²) in [6.45, 7) is 0.274. The summed E-state index contributed by atoms with van der Waals surface area (Å²) in [6, 6.07) is 14.6. The average Bonchev–Trinajstić information content (AvgIpc) is 3.53. The summed E-state index contributed by atoms with van der Waals surface area (Å²) < 4.78 is 28.1. The lowest BCUT2D eigenvalue weighted by Gasteiger charge is -2.24. The Morgan fingerprint density at radius 3 is 2.70 bits per heavy atom. The van der Waals surface area contributed by atoms with E-state index in [-0.39, 0.29) is 23.2 Å². The van der Waals surface area contributed by atoms with Crippen molar-refractivity contribution in [2.24, 2.45) is 0 Å². The van der Waals surface area contributed by atoms with Gasteiger partial charge in [-0.25, -0.2) is 13.4 Å². The van der Waals surface area contributed by atoms with E-state index in [0.29, 0.717) is 5.75 Å². The molecule has 1 aliphatic carbocycles. The van der Waals surface area contributed by atoms with Gasteiger partial charge in [0.15, 0.2) is 0 Å². The molecule has 1 aromatic heterocycles. The number of amides is 1. The van der Waals surface area contributed by atoms with Gasteiger partial charge in [0.2, 0.25) is 15.9 Å². The standard InChI is InChI=1S/C24H25N3O3S3/c28-23(25-13-20-14-32-24(26-20)18-7-2-1-3-8-18)22-15-31-16-27(22)33(29,30)21-11-10-17-6-4-5-9-19(17)12-21/h1-3,7-8,10-12,14,22H,4-6,9,13,15-16H2,(H,25,28)/t22-/m1/s1. The van der Waals surface area contributed by atoms with Crippen molar-refractivity contribution in [3.05, 3.63) is 70.7 Å². The number of hydrogen-bond donors (Lipinski definition) is 1. The maximum atomic E-state index is 13.4. The number of carbonyl (C=O) groups is 1. The van der Waals surface area contributed by atoms with E-state index in [4.69, 9.17) is 0 Å². The zero-order valence-electron chi connectivity index (χ0n) is 18.1. The molecular weight excluding hydrogens is 474 g/mol. The summed E-state index contributed by atoms with van der Waals surface area (Å²) in [6.07, 6.45) is 4.15. The van der Waals surface area contributed by atoms with Crippen LogP contribution in [0.1, 0.15) is 29.7 Å². The monoisotopic (exact) mass is 499 g/mol. The first-order valence-electron chi connectivity index (χ1n) is 11.0. The number of aromatic nitrogens is 1. The number of fused-ring (bicyclic) bond motifs is 1. The lowest BCUT2D eigenvalue weighted by atomic mass is 9.92. The van der Waals surface area contributed by atoms with Crippen molar-refractivity contribution in [1.29, 1.82) is 0 Å². The number of benzene rings is 2. The highest BCUT2D eigenvalue weighted by Gasteiger charge is 2.40. The zero-order valence-corrected chi connectivity index (χ0v) is 20.5. The van der Waals surface area contributed by atoms with Gasteiger partial charge < -0.3 is 5.32 Å². The quantitative estimate of drug-likeness (QED) is 0.553. The maximum absolute atomic E-state index is 13.4. The fraction of sp³-hybridized carbons (Fsp3) is 0.333. The third-order valence-corrected chi connectivity index (χ3v) is 10.1. The maximum Gasteiger partial charge on any atom is 0.244 e. The second kappa shape index (κ2) is 9.58. The molecule has 0 spiro atoms. The highest BCUT2D eigenvalue weighted by atomic mass is 32.2. The molecule has 1 fully saturated rings. The van der Waals surface area contributed by atoms with E-state index >= 15 is 0 Å². The summed E-state index contributed by atoms with van der Waals surface area (Å²) >= 11 is 2.99. The van der Waals surface area contributed by atoms with Gasteiger partial charge in [0, 0.05) is 16.7 Å². The molecule has 0 bridgehead atoms. The van der Waals surface area contributed by atoms with Crippen LogP contribution in [0.5, 0.6) is 0 Å². The minimum atomic E-state index is -3.74. The Bertz CT molecular complexity index is 1260. The number of carbonyl (C=O) groups excluding carboxylic acids is 1. The van der Waals surface area contributed by atoms with E-state index in [9.17, 15) is 13.2 Å². The van der Waals surface area contributed by atoms with Gasteiger partial charge >= 0.3 is 0 Å². The Labute approximate surface area is 202 Å². The van der Waals surface area contributed by atoms with E-state index in [1.807, 2.05) is 47.8 Å². The highest BCUT2D eigenvalue weighted by molar-refractivity contribution is 8.00. The van der Waals surface area contributed by atoms with Gasteiger partial charge in [0.1, 0.15) is 11.0 Å². The molecule has 3 aromatic rings. The molecule has 2 aliphatic rings. The predicted octanol–water partition coefficient (Wildman–Crippen LogP) is 4.07. The van der Waals surface area contributed by atoms with Crippen molar-refractivity contribution in [3.63, 3.8) is 0 Å². The van der Waals surface area contributed by atoms with Crippen molar-refractivity contribution in [1.82, 2.24) is 14.6 Å². The summed E-state index contributed by atoms with van der Waals surface area (Å²) in [5.41, 5.74) is 4.16. The zero-order chi connectivity index (χ0) is 22.8. The van der Waals surface area contributed by atoms with Crippen LogP contribution in [-0.4, -0.2) is 41.3 Å². The summed E-state index contributed by atoms with van der Waals surface area (Å²) in [4.78, 5) is 17.9. The molecule has 1 atom stereocenters. The highest BCUT2D eigenvalue weighted by Crippen LogP contribution is 2.31. The normalized spacial score (nSPS) is 18.7. The second-order valence-electron chi connectivity index (χ2n) is 8.27. The largest absolute Gasteiger partial charge is 0.349 e. The van der Waals surface area contributed by atoms with Crippen molar-refractivity contribution < 1.29 is 13.2 Å². The predicted molar refractivity (Wildman–Crippen MR) is 133 cm³/mol. The van der Waals surface area contributed by atoms with Crippen LogP contribution in [0, 0.1) is 0 Å². The van der Waals surface area contributed by atoms with Gasteiger partial charge in [-0.15, -0.1) is 23.1 Å². The Hall–Kier alpha value is -2.20. The van der Waals surface area contributed by atoms with Crippen LogP contribution in [-0.2, 0) is 34.2 Å². The average molecular weight is 500 g/mol. The third kappa shape index (κ3) is 4.73. The topological polar surface area (TPSA) is 79.4 Å². The fourth-order valence-corrected chi connectivity index (χ4v) is 8.30. The van der Waals surface area contributed by atoms with Crippen LogP contribution in [0.3, 0.4) is 0 Å². The molecule has 1 amide bonds. The second-order valence-corrected chi connectivity index (χ2v) is 12.0. The number of aryl methyl sites for hydroxylation is 2. The molecule has 2 aromatic carbocycles. The van der Waals surface area contributed by atoms with Crippen LogP contribution < -0.4 is 5.32 Å². The van der Waals surface area contributed by atoms with Crippen LogP contribution in [0.15, 0.2) is 58.8 Å². The minimum absolute atomic E-state index is 0.274. The first-order chi connectivity index (χ1) is 16.0. The number of nitrogens with one attached hydrogen (secondary N) is 1. The molecule has 1 aliphatic heterocycles.